The van der Waals surface area contributed by atoms with Crippen molar-refractivity contribution >= 4 is 17.0 Å². The Hall–Kier alpha value is -3.41. The van der Waals surface area contributed by atoms with E-state index in [1.165, 1.54) is 5.56 Å². The molecule has 0 atom stereocenters. The van der Waals surface area contributed by atoms with Gasteiger partial charge in [-0.3, -0.25) is 9.97 Å². The Morgan fingerprint density at radius 2 is 1.89 bits per heavy atom. The van der Waals surface area contributed by atoms with Crippen LogP contribution in [0.3, 0.4) is 0 Å². The molecular weight excluding hydrogens is 350 g/mol. The Morgan fingerprint density at radius 3 is 2.68 bits per heavy atom. The Morgan fingerprint density at radius 1 is 1.04 bits per heavy atom. The number of hydrogen-bond donors (Lipinski definition) is 2. The van der Waals surface area contributed by atoms with Crippen molar-refractivity contribution in [3.63, 3.8) is 0 Å². The lowest BCUT2D eigenvalue weighted by Gasteiger charge is -2.13. The molecule has 1 aromatic carbocycles. The van der Waals surface area contributed by atoms with Gasteiger partial charge in [0.25, 0.3) is 0 Å². The van der Waals surface area contributed by atoms with Gasteiger partial charge in [0.1, 0.15) is 11.4 Å². The summed E-state index contributed by atoms with van der Waals surface area (Å²) in [6, 6.07) is 13.6. The van der Waals surface area contributed by atoms with E-state index in [2.05, 4.69) is 45.8 Å². The highest BCUT2D eigenvalue weighted by Gasteiger charge is 2.16. The molecule has 0 aliphatic rings. The van der Waals surface area contributed by atoms with E-state index in [-0.39, 0.29) is 5.75 Å². The molecule has 0 unspecified atom stereocenters. The molecule has 0 radical (unpaired) electrons. The van der Waals surface area contributed by atoms with Crippen molar-refractivity contribution in [2.75, 3.05) is 5.32 Å². The van der Waals surface area contributed by atoms with Crippen molar-refractivity contribution in [2.45, 2.75) is 33.9 Å². The number of aromatic hydroxyl groups is 1. The second kappa shape index (κ2) is 7.31. The fraction of sp³-hybridized carbons (Fsp3) is 0.227. The summed E-state index contributed by atoms with van der Waals surface area (Å²) in [7, 11) is 0. The van der Waals surface area contributed by atoms with Crippen LogP contribution in [0.25, 0.3) is 11.0 Å². The number of benzene rings is 1. The molecule has 0 saturated carbocycles. The monoisotopic (exact) mass is 373 g/mol. The number of nitrogens with zero attached hydrogens (tertiary/aromatic N) is 4. The van der Waals surface area contributed by atoms with E-state index in [9.17, 15) is 5.11 Å². The van der Waals surface area contributed by atoms with Gasteiger partial charge in [-0.1, -0.05) is 12.1 Å². The van der Waals surface area contributed by atoms with Crippen LogP contribution in [-0.4, -0.2) is 24.6 Å². The van der Waals surface area contributed by atoms with Crippen LogP contribution < -0.4 is 5.32 Å². The summed E-state index contributed by atoms with van der Waals surface area (Å²) in [6.07, 6.45) is 1.78. The average Bonchev–Trinajstić information content (AvgIpc) is 3.01. The topological polar surface area (TPSA) is 75.9 Å². The van der Waals surface area contributed by atoms with E-state index in [1.54, 1.807) is 18.3 Å². The Labute approximate surface area is 163 Å². The number of aryl methyl sites for hydroxylation is 3. The predicted molar refractivity (Wildman–Crippen MR) is 111 cm³/mol. The molecular formula is C22H23N5O. The van der Waals surface area contributed by atoms with Gasteiger partial charge in [0.05, 0.1) is 29.8 Å². The third-order valence-corrected chi connectivity index (χ3v) is 4.73. The van der Waals surface area contributed by atoms with Gasteiger partial charge in [0.15, 0.2) is 0 Å². The van der Waals surface area contributed by atoms with Crippen LogP contribution in [0.15, 0.2) is 48.7 Å². The molecule has 0 aliphatic carbocycles. The summed E-state index contributed by atoms with van der Waals surface area (Å²) in [5.41, 5.74) is 6.70. The summed E-state index contributed by atoms with van der Waals surface area (Å²) >= 11 is 0. The highest BCUT2D eigenvalue weighted by atomic mass is 16.3. The molecule has 0 aliphatic heterocycles. The number of anilines is 1. The zero-order chi connectivity index (χ0) is 19.7. The summed E-state index contributed by atoms with van der Waals surface area (Å²) in [5.74, 6) is 0.921. The van der Waals surface area contributed by atoms with Crippen LogP contribution in [0.4, 0.5) is 5.95 Å². The van der Waals surface area contributed by atoms with Gasteiger partial charge in [-0.15, -0.1) is 0 Å². The smallest absolute Gasteiger partial charge is 0.204 e. The molecule has 0 bridgehead atoms. The van der Waals surface area contributed by atoms with E-state index in [0.29, 0.717) is 18.8 Å². The molecule has 0 saturated heterocycles. The first kappa shape index (κ1) is 18.0. The molecule has 142 valence electrons. The molecule has 4 rings (SSSR count). The Bertz CT molecular complexity index is 1130. The summed E-state index contributed by atoms with van der Waals surface area (Å²) in [4.78, 5) is 13.7. The summed E-state index contributed by atoms with van der Waals surface area (Å²) < 4.78 is 2.08. The number of imidazole rings is 1. The van der Waals surface area contributed by atoms with E-state index < -0.39 is 0 Å². The van der Waals surface area contributed by atoms with Crippen molar-refractivity contribution in [3.05, 3.63) is 76.9 Å². The van der Waals surface area contributed by atoms with Gasteiger partial charge < -0.3 is 15.0 Å². The molecule has 0 fully saturated rings. The Balaban J connectivity index is 1.78. The lowest BCUT2D eigenvalue weighted by molar-refractivity contribution is 0.461. The number of pyridine rings is 2. The predicted octanol–water partition coefficient (Wildman–Crippen LogP) is 4.12. The number of fused-ring (bicyclic) bond motifs is 1. The van der Waals surface area contributed by atoms with Crippen LogP contribution in [0.1, 0.15) is 28.2 Å². The SMILES string of the molecule is Cc1cc(C)c2c(c1)nc(NCc1ccccn1)n2Cc1nc(C)ccc1O. The van der Waals surface area contributed by atoms with Crippen LogP contribution >= 0.6 is 0 Å². The Kier molecular flexibility index (Phi) is 4.69. The summed E-state index contributed by atoms with van der Waals surface area (Å²) in [5, 5.41) is 13.7. The molecule has 2 N–H and O–H groups in total. The fourth-order valence-electron chi connectivity index (χ4n) is 3.48. The highest BCUT2D eigenvalue weighted by Crippen LogP contribution is 2.27. The maximum absolute atomic E-state index is 10.3. The zero-order valence-electron chi connectivity index (χ0n) is 16.3. The number of hydrogen-bond acceptors (Lipinski definition) is 5. The standard InChI is InChI=1S/C22H23N5O/c1-14-10-15(2)21-18(11-14)26-22(24-12-17-6-4-5-9-23-17)27(21)13-19-20(28)8-7-16(3)25-19/h4-11,28H,12-13H2,1-3H3,(H,24,26). The second-order valence-corrected chi connectivity index (χ2v) is 7.06. The van der Waals surface area contributed by atoms with E-state index in [1.807, 2.05) is 25.1 Å². The molecule has 6 heteroatoms. The molecule has 0 spiro atoms. The zero-order valence-corrected chi connectivity index (χ0v) is 16.3. The van der Waals surface area contributed by atoms with Gasteiger partial charge in [0.2, 0.25) is 5.95 Å². The normalized spacial score (nSPS) is 11.1. The average molecular weight is 373 g/mol. The quantitative estimate of drug-likeness (QED) is 0.550. The molecule has 6 nitrogen and oxygen atoms in total. The van der Waals surface area contributed by atoms with Crippen molar-refractivity contribution < 1.29 is 5.11 Å². The van der Waals surface area contributed by atoms with Crippen molar-refractivity contribution in [1.82, 2.24) is 19.5 Å². The van der Waals surface area contributed by atoms with Crippen molar-refractivity contribution in [1.29, 1.82) is 0 Å². The lowest BCUT2D eigenvalue weighted by Crippen LogP contribution is -2.11. The summed E-state index contributed by atoms with van der Waals surface area (Å²) in [6.45, 7) is 7.07. The first-order chi connectivity index (χ1) is 13.5. The van der Waals surface area contributed by atoms with E-state index in [4.69, 9.17) is 4.98 Å². The maximum atomic E-state index is 10.3. The molecule has 4 aromatic rings. The van der Waals surface area contributed by atoms with Crippen LogP contribution in [-0.2, 0) is 13.1 Å². The molecule has 3 heterocycles. The lowest BCUT2D eigenvalue weighted by atomic mass is 10.1. The minimum Gasteiger partial charge on any atom is -0.506 e. The minimum absolute atomic E-state index is 0.188. The second-order valence-electron chi connectivity index (χ2n) is 7.06. The third-order valence-electron chi connectivity index (χ3n) is 4.73. The number of nitrogens with one attached hydrogen (secondary N) is 1. The number of rotatable bonds is 5. The molecule has 0 amide bonds. The van der Waals surface area contributed by atoms with Crippen LogP contribution in [0, 0.1) is 20.8 Å². The highest BCUT2D eigenvalue weighted by molar-refractivity contribution is 5.83. The first-order valence-corrected chi connectivity index (χ1v) is 9.28. The van der Waals surface area contributed by atoms with E-state index >= 15 is 0 Å². The molecule has 28 heavy (non-hydrogen) atoms. The number of aromatic nitrogens is 4. The first-order valence-electron chi connectivity index (χ1n) is 9.28. The van der Waals surface area contributed by atoms with Gasteiger partial charge in [0, 0.05) is 11.9 Å². The van der Waals surface area contributed by atoms with Crippen LogP contribution in [0.5, 0.6) is 5.75 Å². The van der Waals surface area contributed by atoms with E-state index in [0.717, 1.165) is 33.9 Å². The van der Waals surface area contributed by atoms with Crippen molar-refractivity contribution in [2.24, 2.45) is 0 Å². The van der Waals surface area contributed by atoms with Crippen molar-refractivity contribution in [3.8, 4) is 5.75 Å². The molecule has 3 aromatic heterocycles. The minimum atomic E-state index is 0.188. The maximum Gasteiger partial charge on any atom is 0.204 e. The van der Waals surface area contributed by atoms with Gasteiger partial charge in [-0.25, -0.2) is 4.98 Å². The van der Waals surface area contributed by atoms with Crippen LogP contribution in [0.2, 0.25) is 0 Å². The van der Waals surface area contributed by atoms with Gasteiger partial charge in [-0.05, 0) is 62.2 Å². The van der Waals surface area contributed by atoms with Gasteiger partial charge >= 0.3 is 0 Å². The van der Waals surface area contributed by atoms with Gasteiger partial charge in [-0.2, -0.15) is 0 Å². The third kappa shape index (κ3) is 3.53. The largest absolute Gasteiger partial charge is 0.506 e. The fourth-order valence-corrected chi connectivity index (χ4v) is 3.48.